The summed E-state index contributed by atoms with van der Waals surface area (Å²) in [7, 11) is 0. The van der Waals surface area contributed by atoms with Gasteiger partial charge in [0.2, 0.25) is 11.8 Å². The Kier molecular flexibility index (Phi) is 4.80. The molecule has 3 aliphatic rings. The molecule has 3 heterocycles. The molecule has 0 aromatic heterocycles. The number of amides is 2. The van der Waals surface area contributed by atoms with E-state index < -0.39 is 58.6 Å². The molecular formula is C26H23F3N2O3. The van der Waals surface area contributed by atoms with E-state index in [9.17, 15) is 27.6 Å². The highest BCUT2D eigenvalue weighted by Gasteiger charge is 2.65. The maximum Gasteiger partial charge on any atom is 0.418 e. The predicted octanol–water partition coefficient (Wildman–Crippen LogP) is 4.84. The molecule has 0 spiro atoms. The molecule has 0 aliphatic carbocycles. The van der Waals surface area contributed by atoms with Crippen molar-refractivity contribution in [3.8, 4) is 0 Å². The summed E-state index contributed by atoms with van der Waals surface area (Å²) in [6.07, 6.45) is -1.18. The zero-order valence-electron chi connectivity index (χ0n) is 18.8. The topological polar surface area (TPSA) is 57.7 Å². The molecule has 8 heteroatoms. The smallest absolute Gasteiger partial charge is 0.359 e. The Bertz CT molecular complexity index is 1240. The number of rotatable bonds is 2. The summed E-state index contributed by atoms with van der Waals surface area (Å²) in [5.74, 6) is -3.77. The Balaban J connectivity index is 1.69. The minimum Gasteiger partial charge on any atom is -0.359 e. The number of fused-ring (bicyclic) bond motifs is 5. The summed E-state index contributed by atoms with van der Waals surface area (Å²) < 4.78 is 41.3. The van der Waals surface area contributed by atoms with Gasteiger partial charge in [0.25, 0.3) is 0 Å². The van der Waals surface area contributed by atoms with Crippen LogP contribution in [0.1, 0.15) is 43.5 Å². The minimum atomic E-state index is -4.75. The molecule has 2 aromatic rings. The molecule has 0 bridgehead atoms. The number of benzene rings is 2. The van der Waals surface area contributed by atoms with Gasteiger partial charge in [-0.1, -0.05) is 57.2 Å². The van der Waals surface area contributed by atoms with Crippen LogP contribution in [0.25, 0.3) is 6.08 Å². The number of carbonyl (C=O) groups is 3. The van der Waals surface area contributed by atoms with E-state index in [1.807, 2.05) is 30.3 Å². The molecule has 34 heavy (non-hydrogen) atoms. The summed E-state index contributed by atoms with van der Waals surface area (Å²) in [5, 5.41) is 0. The third-order valence-corrected chi connectivity index (χ3v) is 6.92. The van der Waals surface area contributed by atoms with Crippen LogP contribution in [0, 0.1) is 17.3 Å². The molecule has 2 aromatic carbocycles. The van der Waals surface area contributed by atoms with Crippen LogP contribution in [0.4, 0.5) is 18.9 Å². The van der Waals surface area contributed by atoms with E-state index in [1.54, 1.807) is 31.9 Å². The number of para-hydroxylation sites is 1. The third kappa shape index (κ3) is 3.11. The fraction of sp³-hybridized carbons (Fsp3) is 0.346. The summed E-state index contributed by atoms with van der Waals surface area (Å²) in [4.78, 5) is 43.4. The molecule has 0 N–H and O–H groups in total. The number of imide groups is 1. The van der Waals surface area contributed by atoms with Crippen LogP contribution >= 0.6 is 0 Å². The highest BCUT2D eigenvalue weighted by molar-refractivity contribution is 6.24. The highest BCUT2D eigenvalue weighted by atomic mass is 19.4. The van der Waals surface area contributed by atoms with Crippen molar-refractivity contribution in [2.24, 2.45) is 17.3 Å². The van der Waals surface area contributed by atoms with Crippen molar-refractivity contribution >= 4 is 29.4 Å². The maximum absolute atomic E-state index is 13.8. The van der Waals surface area contributed by atoms with E-state index in [2.05, 4.69) is 0 Å². The van der Waals surface area contributed by atoms with Gasteiger partial charge in [0, 0.05) is 11.6 Å². The lowest BCUT2D eigenvalue weighted by Gasteiger charge is -2.37. The van der Waals surface area contributed by atoms with Gasteiger partial charge < -0.3 is 4.90 Å². The van der Waals surface area contributed by atoms with Gasteiger partial charge in [-0.25, -0.2) is 4.90 Å². The monoisotopic (exact) mass is 468 g/mol. The van der Waals surface area contributed by atoms with E-state index in [0.717, 1.165) is 23.3 Å². The van der Waals surface area contributed by atoms with E-state index in [4.69, 9.17) is 0 Å². The van der Waals surface area contributed by atoms with Crippen molar-refractivity contribution in [1.82, 2.24) is 4.90 Å². The first-order valence-electron chi connectivity index (χ1n) is 11.1. The first-order valence-corrected chi connectivity index (χ1v) is 11.1. The van der Waals surface area contributed by atoms with Crippen LogP contribution < -0.4 is 4.90 Å². The molecule has 2 fully saturated rings. The standard InChI is InChI=1S/C26H23F3N2O3/c1-25(2,3)22(32)21-19-18(20-15-9-5-4-8-14(15)12-13-30(20)21)23(33)31(24(19)34)17-11-7-6-10-16(17)26(27,28)29/h4-13,18-21H,1-3H3/t18-,19+,20+,21-/m0/s1. The Labute approximate surface area is 194 Å². The molecule has 5 nitrogen and oxygen atoms in total. The summed E-state index contributed by atoms with van der Waals surface area (Å²) in [6.45, 7) is 5.20. The van der Waals surface area contributed by atoms with Crippen LogP contribution in [-0.2, 0) is 20.6 Å². The number of hydrogen-bond donors (Lipinski definition) is 0. The first kappa shape index (κ1) is 22.4. The average Bonchev–Trinajstić information content (AvgIpc) is 3.24. The second-order valence-corrected chi connectivity index (χ2v) is 9.97. The number of alkyl halides is 3. The molecule has 0 saturated carbocycles. The van der Waals surface area contributed by atoms with Gasteiger partial charge >= 0.3 is 6.18 Å². The number of ketones is 1. The van der Waals surface area contributed by atoms with Gasteiger partial charge in [0.05, 0.1) is 29.1 Å². The van der Waals surface area contributed by atoms with E-state index in [0.29, 0.717) is 4.90 Å². The maximum atomic E-state index is 13.8. The SMILES string of the molecule is CC(C)(C)C(=O)[C@@H]1[C@@H]2C(=O)N(c3ccccc3C(F)(F)F)C(=O)[C@@H]2[C@H]2c3ccccc3C=CN12. The molecule has 2 saturated heterocycles. The molecule has 176 valence electrons. The van der Waals surface area contributed by atoms with Crippen molar-refractivity contribution in [2.45, 2.75) is 39.0 Å². The van der Waals surface area contributed by atoms with E-state index >= 15 is 0 Å². The van der Waals surface area contributed by atoms with Gasteiger partial charge in [-0.2, -0.15) is 13.2 Å². The fourth-order valence-electron chi connectivity index (χ4n) is 5.45. The Hall–Kier alpha value is -3.42. The number of hydrogen-bond acceptors (Lipinski definition) is 4. The molecule has 3 aliphatic heterocycles. The average molecular weight is 468 g/mol. The van der Waals surface area contributed by atoms with Crippen LogP contribution in [0.5, 0.6) is 0 Å². The van der Waals surface area contributed by atoms with Gasteiger partial charge in [0.15, 0.2) is 5.78 Å². The second kappa shape index (κ2) is 7.29. The molecule has 2 amide bonds. The fourth-order valence-corrected chi connectivity index (χ4v) is 5.45. The lowest BCUT2D eigenvalue weighted by molar-refractivity contribution is -0.138. The summed E-state index contributed by atoms with van der Waals surface area (Å²) >= 11 is 0. The van der Waals surface area contributed by atoms with Crippen LogP contribution in [0.3, 0.4) is 0 Å². The van der Waals surface area contributed by atoms with Gasteiger partial charge in [-0.15, -0.1) is 0 Å². The molecular weight excluding hydrogens is 445 g/mol. The second-order valence-electron chi connectivity index (χ2n) is 9.97. The molecule has 0 unspecified atom stereocenters. The highest BCUT2D eigenvalue weighted by Crippen LogP contribution is 2.55. The van der Waals surface area contributed by atoms with Crippen molar-refractivity contribution in [1.29, 1.82) is 0 Å². The van der Waals surface area contributed by atoms with Crippen molar-refractivity contribution in [3.63, 3.8) is 0 Å². The Morgan fingerprint density at radius 2 is 1.50 bits per heavy atom. The minimum absolute atomic E-state index is 0.235. The van der Waals surface area contributed by atoms with Crippen molar-refractivity contribution < 1.29 is 27.6 Å². The summed E-state index contributed by atoms with van der Waals surface area (Å²) in [5.41, 5.74) is -0.754. The van der Waals surface area contributed by atoms with Crippen LogP contribution in [0.15, 0.2) is 54.7 Å². The third-order valence-electron chi connectivity index (χ3n) is 6.92. The number of carbonyl (C=O) groups excluding carboxylic acids is 3. The van der Waals surface area contributed by atoms with E-state index in [-0.39, 0.29) is 5.78 Å². The Morgan fingerprint density at radius 3 is 2.18 bits per heavy atom. The Morgan fingerprint density at radius 1 is 0.882 bits per heavy atom. The number of Topliss-reactive ketones (excluding diaryl/α,β-unsaturated/α-hetero) is 1. The molecule has 0 radical (unpaired) electrons. The quantitative estimate of drug-likeness (QED) is 0.592. The van der Waals surface area contributed by atoms with Gasteiger partial charge in [0.1, 0.15) is 6.04 Å². The predicted molar refractivity (Wildman–Crippen MR) is 119 cm³/mol. The number of halogens is 3. The van der Waals surface area contributed by atoms with Crippen molar-refractivity contribution in [3.05, 3.63) is 71.4 Å². The van der Waals surface area contributed by atoms with Gasteiger partial charge in [-0.05, 0) is 29.3 Å². The van der Waals surface area contributed by atoms with Crippen molar-refractivity contribution in [2.75, 3.05) is 4.90 Å². The normalized spacial score (nSPS) is 25.9. The number of anilines is 1. The van der Waals surface area contributed by atoms with Gasteiger partial charge in [-0.3, -0.25) is 14.4 Å². The van der Waals surface area contributed by atoms with E-state index in [1.165, 1.54) is 12.1 Å². The molecule has 5 rings (SSSR count). The summed E-state index contributed by atoms with van der Waals surface area (Å²) in [6, 6.07) is 10.3. The first-order chi connectivity index (χ1) is 15.9. The van der Waals surface area contributed by atoms with Crippen LogP contribution in [-0.4, -0.2) is 28.5 Å². The molecule has 4 atom stereocenters. The lowest BCUT2D eigenvalue weighted by atomic mass is 9.79. The number of nitrogens with zero attached hydrogens (tertiary/aromatic N) is 2. The lowest BCUT2D eigenvalue weighted by Crippen LogP contribution is -2.48. The zero-order chi connectivity index (χ0) is 24.6. The zero-order valence-corrected chi connectivity index (χ0v) is 18.8. The largest absolute Gasteiger partial charge is 0.418 e. The van der Waals surface area contributed by atoms with Crippen LogP contribution in [0.2, 0.25) is 0 Å².